The molecule has 2 aromatic rings. The van der Waals surface area contributed by atoms with E-state index in [1.54, 1.807) is 6.08 Å². The molecule has 1 N–H and O–H groups in total. The third-order valence-corrected chi connectivity index (χ3v) is 7.31. The fourth-order valence-corrected chi connectivity index (χ4v) is 5.10. The molecule has 1 fully saturated rings. The van der Waals surface area contributed by atoms with Crippen LogP contribution in [0.25, 0.3) is 6.08 Å². The summed E-state index contributed by atoms with van der Waals surface area (Å²) in [5, 5.41) is 2.79. The fourth-order valence-electron chi connectivity index (χ4n) is 4.82. The maximum atomic E-state index is 13.4. The number of nitrogens with one attached hydrogen (secondary N) is 1. The van der Waals surface area contributed by atoms with E-state index >= 15 is 0 Å². The summed E-state index contributed by atoms with van der Waals surface area (Å²) in [6.45, 7) is 10.8. The largest absolute Gasteiger partial charge is 0.369 e. The summed E-state index contributed by atoms with van der Waals surface area (Å²) >= 11 is 5.34. The Morgan fingerprint density at radius 3 is 2.48 bits per heavy atom. The highest BCUT2D eigenvalue weighted by molar-refractivity contribution is 7.80. The van der Waals surface area contributed by atoms with E-state index in [9.17, 15) is 9.59 Å². The first-order valence-corrected chi connectivity index (χ1v) is 11.8. The van der Waals surface area contributed by atoms with Crippen LogP contribution in [0.5, 0.6) is 0 Å². The van der Waals surface area contributed by atoms with Crippen LogP contribution >= 0.6 is 12.2 Å². The number of hydrogen-bond donors (Lipinski definition) is 1. The van der Waals surface area contributed by atoms with E-state index < -0.39 is 11.8 Å². The molecule has 2 aromatic carbocycles. The van der Waals surface area contributed by atoms with Crippen molar-refractivity contribution in [2.45, 2.75) is 58.9 Å². The lowest BCUT2D eigenvalue weighted by Crippen LogP contribution is -2.54. The van der Waals surface area contributed by atoms with Gasteiger partial charge in [0.1, 0.15) is 5.57 Å². The quantitative estimate of drug-likeness (QED) is 0.392. The van der Waals surface area contributed by atoms with Crippen LogP contribution in [-0.4, -0.2) is 29.5 Å². The number of hydrogen-bond acceptors (Lipinski definition) is 4. The van der Waals surface area contributed by atoms with Gasteiger partial charge in [-0.2, -0.15) is 0 Å². The van der Waals surface area contributed by atoms with Crippen molar-refractivity contribution in [3.8, 4) is 0 Å². The number of aryl methyl sites for hydroxylation is 2. The van der Waals surface area contributed by atoms with Gasteiger partial charge in [0.05, 0.1) is 5.69 Å². The van der Waals surface area contributed by atoms with Crippen LogP contribution in [0.2, 0.25) is 0 Å². The molecule has 172 valence electrons. The maximum absolute atomic E-state index is 13.4. The zero-order valence-electron chi connectivity index (χ0n) is 20.2. The number of amides is 2. The molecule has 2 heterocycles. The van der Waals surface area contributed by atoms with Crippen molar-refractivity contribution < 1.29 is 9.59 Å². The zero-order valence-corrected chi connectivity index (χ0v) is 21.0. The second-order valence-corrected chi connectivity index (χ2v) is 10.1. The summed E-state index contributed by atoms with van der Waals surface area (Å²) in [5.74, 6) is -0.493. The van der Waals surface area contributed by atoms with Crippen LogP contribution in [-0.2, 0) is 16.0 Å². The molecule has 0 spiro atoms. The van der Waals surface area contributed by atoms with Gasteiger partial charge in [-0.05, 0) is 104 Å². The first kappa shape index (κ1) is 23.2. The number of carbonyl (C=O) groups is 2. The molecule has 0 radical (unpaired) electrons. The summed E-state index contributed by atoms with van der Waals surface area (Å²) in [7, 11) is 2.13. The van der Waals surface area contributed by atoms with Gasteiger partial charge in [0.2, 0.25) is 0 Å². The molecular weight excluding hydrogens is 430 g/mol. The molecule has 0 aromatic heterocycles. The minimum absolute atomic E-state index is 0.0710. The van der Waals surface area contributed by atoms with Gasteiger partial charge in [-0.25, -0.2) is 0 Å². The van der Waals surface area contributed by atoms with Gasteiger partial charge >= 0.3 is 0 Å². The van der Waals surface area contributed by atoms with E-state index in [0.29, 0.717) is 11.6 Å². The SMILES string of the molecule is CCc1ccc(N2C(=O)/C(=C\c3cc4c(cc3C)N(C)C(C)(C)CC4C)C(=O)NC2=S)cc1. The Kier molecular flexibility index (Phi) is 5.91. The molecule has 6 heteroatoms. The van der Waals surface area contributed by atoms with Gasteiger partial charge in [-0.1, -0.05) is 26.0 Å². The van der Waals surface area contributed by atoms with Gasteiger partial charge in [0.15, 0.2) is 5.11 Å². The fraction of sp³-hybridized carbons (Fsp3) is 0.370. The van der Waals surface area contributed by atoms with E-state index in [-0.39, 0.29) is 16.2 Å². The highest BCUT2D eigenvalue weighted by Gasteiger charge is 2.36. The summed E-state index contributed by atoms with van der Waals surface area (Å²) in [6.07, 6.45) is 3.64. The Bertz CT molecular complexity index is 1180. The average Bonchev–Trinajstić information content (AvgIpc) is 2.75. The lowest BCUT2D eigenvalue weighted by atomic mass is 9.79. The highest BCUT2D eigenvalue weighted by Crippen LogP contribution is 2.43. The average molecular weight is 462 g/mol. The van der Waals surface area contributed by atoms with E-state index in [4.69, 9.17) is 12.2 Å². The second-order valence-electron chi connectivity index (χ2n) is 9.72. The molecule has 2 aliphatic heterocycles. The Morgan fingerprint density at radius 1 is 1.18 bits per heavy atom. The maximum Gasteiger partial charge on any atom is 0.270 e. The monoisotopic (exact) mass is 461 g/mol. The minimum atomic E-state index is -0.463. The number of thiocarbonyl (C=S) groups is 1. The summed E-state index contributed by atoms with van der Waals surface area (Å²) < 4.78 is 0. The Morgan fingerprint density at radius 2 is 1.85 bits per heavy atom. The molecule has 1 saturated heterocycles. The van der Waals surface area contributed by atoms with Crippen molar-refractivity contribution in [1.29, 1.82) is 0 Å². The molecule has 33 heavy (non-hydrogen) atoms. The van der Waals surface area contributed by atoms with Gasteiger partial charge in [0, 0.05) is 18.3 Å². The van der Waals surface area contributed by atoms with Crippen molar-refractivity contribution in [2.75, 3.05) is 16.8 Å². The van der Waals surface area contributed by atoms with Crippen molar-refractivity contribution >= 4 is 46.6 Å². The summed E-state index contributed by atoms with van der Waals surface area (Å²) in [6, 6.07) is 12.0. The van der Waals surface area contributed by atoms with E-state index in [1.165, 1.54) is 21.7 Å². The molecular formula is C27H31N3O2S. The van der Waals surface area contributed by atoms with Gasteiger partial charge < -0.3 is 4.90 Å². The van der Waals surface area contributed by atoms with E-state index in [2.05, 4.69) is 57.1 Å². The van der Waals surface area contributed by atoms with E-state index in [1.807, 2.05) is 31.2 Å². The number of carbonyl (C=O) groups excluding carboxylic acids is 2. The van der Waals surface area contributed by atoms with Crippen LogP contribution in [0.4, 0.5) is 11.4 Å². The smallest absolute Gasteiger partial charge is 0.270 e. The first-order valence-electron chi connectivity index (χ1n) is 11.4. The molecule has 0 saturated carbocycles. The van der Waals surface area contributed by atoms with Crippen molar-refractivity contribution in [3.05, 3.63) is 64.2 Å². The molecule has 0 aliphatic carbocycles. The van der Waals surface area contributed by atoms with Crippen LogP contribution in [0.1, 0.15) is 62.3 Å². The summed E-state index contributed by atoms with van der Waals surface area (Å²) in [5.41, 5.74) is 6.31. The molecule has 5 nitrogen and oxygen atoms in total. The standard InChI is InChI=1S/C27H31N3O2S/c1-7-18-8-10-20(11-9-18)30-25(32)22(24(31)28-26(30)33)14-19-13-21-17(3)15-27(4,5)29(6)23(21)12-16(19)2/h8-14,17H,7,15H2,1-6H3,(H,28,31,33)/b22-14-. The van der Waals surface area contributed by atoms with Crippen molar-refractivity contribution in [3.63, 3.8) is 0 Å². The number of anilines is 2. The van der Waals surface area contributed by atoms with Crippen molar-refractivity contribution in [1.82, 2.24) is 5.32 Å². The molecule has 1 unspecified atom stereocenters. The topological polar surface area (TPSA) is 52.7 Å². The zero-order chi connectivity index (χ0) is 24.1. The van der Waals surface area contributed by atoms with Crippen LogP contribution < -0.4 is 15.1 Å². The van der Waals surface area contributed by atoms with Crippen molar-refractivity contribution in [2.24, 2.45) is 0 Å². The lowest BCUT2D eigenvalue weighted by molar-refractivity contribution is -0.122. The second kappa shape index (κ2) is 8.41. The molecule has 0 bridgehead atoms. The Balaban J connectivity index is 1.75. The van der Waals surface area contributed by atoms with Crippen LogP contribution in [0, 0.1) is 6.92 Å². The molecule has 2 aliphatic rings. The predicted molar refractivity (Wildman–Crippen MR) is 139 cm³/mol. The highest BCUT2D eigenvalue weighted by atomic mass is 32.1. The predicted octanol–water partition coefficient (Wildman–Crippen LogP) is 5.11. The lowest BCUT2D eigenvalue weighted by Gasteiger charge is -2.45. The number of nitrogens with zero attached hydrogens (tertiary/aromatic N) is 2. The summed E-state index contributed by atoms with van der Waals surface area (Å²) in [4.78, 5) is 29.9. The Hall–Kier alpha value is -2.99. The van der Waals surface area contributed by atoms with Gasteiger partial charge in [-0.15, -0.1) is 0 Å². The normalized spacial score (nSPS) is 21.3. The van der Waals surface area contributed by atoms with Crippen LogP contribution in [0.15, 0.2) is 42.0 Å². The number of rotatable bonds is 3. The number of benzene rings is 2. The van der Waals surface area contributed by atoms with Gasteiger partial charge in [-0.3, -0.25) is 19.8 Å². The van der Waals surface area contributed by atoms with Crippen LogP contribution in [0.3, 0.4) is 0 Å². The number of fused-ring (bicyclic) bond motifs is 1. The molecule has 2 amide bonds. The Labute approximate surface area is 201 Å². The minimum Gasteiger partial charge on any atom is -0.369 e. The third-order valence-electron chi connectivity index (χ3n) is 7.03. The molecule has 1 atom stereocenters. The van der Waals surface area contributed by atoms with E-state index in [0.717, 1.165) is 24.0 Å². The molecule has 4 rings (SSSR count). The van der Waals surface area contributed by atoms with Gasteiger partial charge in [0.25, 0.3) is 11.8 Å². The third kappa shape index (κ3) is 4.08. The first-order chi connectivity index (χ1) is 15.5.